The van der Waals surface area contributed by atoms with Gasteiger partial charge in [-0.15, -0.1) is 5.10 Å². The number of nitrogens with one attached hydrogen (secondary N) is 1. The zero-order valence-electron chi connectivity index (χ0n) is 19.6. The van der Waals surface area contributed by atoms with Gasteiger partial charge in [0.25, 0.3) is 5.78 Å². The van der Waals surface area contributed by atoms with Crippen LogP contribution in [0.2, 0.25) is 0 Å². The van der Waals surface area contributed by atoms with E-state index in [1.165, 1.54) is 11.0 Å². The number of pyridine rings is 1. The molecule has 3 aromatic heterocycles. The summed E-state index contributed by atoms with van der Waals surface area (Å²) in [6, 6.07) is 12.2. The number of fused-ring (bicyclic) bond motifs is 1. The maximum absolute atomic E-state index is 13.2. The number of aryl methyl sites for hydroxylation is 1. The van der Waals surface area contributed by atoms with E-state index in [9.17, 15) is 10.1 Å². The van der Waals surface area contributed by atoms with E-state index < -0.39 is 5.78 Å². The zero-order chi connectivity index (χ0) is 24.0. The van der Waals surface area contributed by atoms with Gasteiger partial charge in [0.05, 0.1) is 0 Å². The third-order valence-electron chi connectivity index (χ3n) is 6.67. The predicted octanol–water partition coefficient (Wildman–Crippen LogP) is 2.12. The van der Waals surface area contributed by atoms with Crippen LogP contribution >= 0.6 is 0 Å². The van der Waals surface area contributed by atoms with E-state index in [1.54, 1.807) is 11.6 Å². The Morgan fingerprint density at radius 2 is 2.03 bits per heavy atom. The van der Waals surface area contributed by atoms with Crippen molar-refractivity contribution in [1.82, 2.24) is 34.7 Å². The van der Waals surface area contributed by atoms with Gasteiger partial charge in [-0.1, -0.05) is 30.3 Å². The van der Waals surface area contributed by atoms with E-state index in [4.69, 9.17) is 0 Å². The van der Waals surface area contributed by atoms with Gasteiger partial charge < -0.3 is 10.2 Å². The van der Waals surface area contributed by atoms with Crippen LogP contribution in [0.25, 0.3) is 16.8 Å². The number of carbonyl (C=O) groups is 1. The Balaban J connectivity index is 1.80. The van der Waals surface area contributed by atoms with Crippen molar-refractivity contribution < 1.29 is 4.79 Å². The van der Waals surface area contributed by atoms with Gasteiger partial charge in [-0.2, -0.15) is 14.9 Å². The second-order valence-corrected chi connectivity index (χ2v) is 8.87. The first-order valence-corrected chi connectivity index (χ1v) is 11.1. The molecule has 0 spiro atoms. The lowest BCUT2D eigenvalue weighted by Crippen LogP contribution is -2.42. The van der Waals surface area contributed by atoms with Gasteiger partial charge in [0, 0.05) is 31.2 Å². The fourth-order valence-electron chi connectivity index (χ4n) is 4.61. The number of hydrogen-bond acceptors (Lipinski definition) is 8. The number of carbonyl (C=O) groups excluding carboxylic acids is 1. The number of benzene rings is 1. The van der Waals surface area contributed by atoms with E-state index in [0.29, 0.717) is 11.2 Å². The van der Waals surface area contributed by atoms with Gasteiger partial charge in [-0.05, 0) is 38.4 Å². The highest BCUT2D eigenvalue weighted by Gasteiger charge is 2.36. The summed E-state index contributed by atoms with van der Waals surface area (Å²) in [4.78, 5) is 24.0. The molecular weight excluding hydrogens is 430 g/mol. The molecule has 34 heavy (non-hydrogen) atoms. The van der Waals surface area contributed by atoms with Gasteiger partial charge in [0.1, 0.15) is 23.8 Å². The fourth-order valence-corrected chi connectivity index (χ4v) is 4.61. The lowest BCUT2D eigenvalue weighted by atomic mass is 9.97. The normalized spacial score (nSPS) is 17.9. The van der Waals surface area contributed by atoms with E-state index in [1.807, 2.05) is 44.3 Å². The standard InChI is InChI=1S/C24H25N9O/c1-15-17(12-25)21-29-20(19(34)22-27-14-28-31(22)4)30-33(21)23(18(15)16-8-6-5-7-9-16)32-11-10-24(2,13-32)26-3/h5-9,14,26H,10-11,13H2,1-4H3/t24-/m0/s1. The highest BCUT2D eigenvalue weighted by molar-refractivity contribution is 6.04. The smallest absolute Gasteiger partial charge is 0.268 e. The monoisotopic (exact) mass is 455 g/mol. The van der Waals surface area contributed by atoms with Crippen molar-refractivity contribution in [2.24, 2.45) is 7.05 Å². The lowest BCUT2D eigenvalue weighted by molar-refractivity contribution is 0.101. The molecule has 0 bridgehead atoms. The number of anilines is 1. The van der Waals surface area contributed by atoms with Crippen LogP contribution in [-0.4, -0.2) is 60.8 Å². The van der Waals surface area contributed by atoms with Crippen LogP contribution in [0.15, 0.2) is 36.7 Å². The summed E-state index contributed by atoms with van der Waals surface area (Å²) < 4.78 is 3.04. The number of likely N-dealkylation sites (N-methyl/N-ethyl adjacent to an activating group) is 1. The summed E-state index contributed by atoms with van der Waals surface area (Å²) in [5, 5.41) is 22.1. The van der Waals surface area contributed by atoms with Crippen molar-refractivity contribution in [3.8, 4) is 17.2 Å². The second kappa shape index (κ2) is 8.04. The van der Waals surface area contributed by atoms with Gasteiger partial charge in [0.15, 0.2) is 5.65 Å². The molecule has 1 saturated heterocycles. The molecule has 0 aliphatic carbocycles. The van der Waals surface area contributed by atoms with E-state index in [0.717, 1.165) is 42.0 Å². The Hall–Kier alpha value is -4.10. The lowest BCUT2D eigenvalue weighted by Gasteiger charge is -2.27. The summed E-state index contributed by atoms with van der Waals surface area (Å²) in [6.45, 7) is 5.66. The summed E-state index contributed by atoms with van der Waals surface area (Å²) >= 11 is 0. The molecule has 0 amide bonds. The Kier molecular flexibility index (Phi) is 5.14. The Bertz CT molecular complexity index is 1450. The maximum atomic E-state index is 13.2. The molecular formula is C24H25N9O. The number of nitriles is 1. The molecule has 172 valence electrons. The van der Waals surface area contributed by atoms with Gasteiger partial charge in [-0.25, -0.2) is 14.6 Å². The number of nitrogens with zero attached hydrogens (tertiary/aromatic N) is 8. The van der Waals surface area contributed by atoms with E-state index >= 15 is 0 Å². The number of hydrogen-bond donors (Lipinski definition) is 1. The average molecular weight is 456 g/mol. The minimum Gasteiger partial charge on any atom is -0.354 e. The van der Waals surface area contributed by atoms with Crippen LogP contribution in [0.4, 0.5) is 5.82 Å². The molecule has 1 atom stereocenters. The first kappa shape index (κ1) is 21.7. The van der Waals surface area contributed by atoms with Gasteiger partial charge in [-0.3, -0.25) is 4.79 Å². The number of aromatic nitrogens is 6. The summed E-state index contributed by atoms with van der Waals surface area (Å²) in [7, 11) is 3.61. The number of ketones is 1. The van der Waals surface area contributed by atoms with Crippen LogP contribution in [0.5, 0.6) is 0 Å². The molecule has 1 fully saturated rings. The van der Waals surface area contributed by atoms with Crippen molar-refractivity contribution in [2.75, 3.05) is 25.0 Å². The molecule has 1 aliphatic heterocycles. The fraction of sp³-hybridized carbons (Fsp3) is 0.333. The molecule has 0 radical (unpaired) electrons. The molecule has 10 nitrogen and oxygen atoms in total. The average Bonchev–Trinajstić information content (AvgIpc) is 3.57. The predicted molar refractivity (Wildman–Crippen MR) is 127 cm³/mol. The van der Waals surface area contributed by atoms with Crippen molar-refractivity contribution in [2.45, 2.75) is 25.8 Å². The molecule has 0 saturated carbocycles. The quantitative estimate of drug-likeness (QED) is 0.455. The Morgan fingerprint density at radius 3 is 2.65 bits per heavy atom. The Labute approximate surface area is 196 Å². The highest BCUT2D eigenvalue weighted by Crippen LogP contribution is 2.39. The molecule has 0 unspecified atom stereocenters. The first-order valence-electron chi connectivity index (χ1n) is 11.1. The minimum atomic E-state index is -0.445. The van der Waals surface area contributed by atoms with Crippen LogP contribution in [0.1, 0.15) is 40.9 Å². The second-order valence-electron chi connectivity index (χ2n) is 8.87. The van der Waals surface area contributed by atoms with Gasteiger partial charge >= 0.3 is 0 Å². The van der Waals surface area contributed by atoms with Crippen molar-refractivity contribution >= 4 is 17.2 Å². The maximum Gasteiger partial charge on any atom is 0.268 e. The summed E-state index contributed by atoms with van der Waals surface area (Å²) in [5.41, 5.74) is 3.37. The van der Waals surface area contributed by atoms with E-state index in [2.05, 4.69) is 43.4 Å². The third-order valence-corrected chi connectivity index (χ3v) is 6.67. The highest BCUT2D eigenvalue weighted by atomic mass is 16.1. The van der Waals surface area contributed by atoms with Crippen molar-refractivity contribution in [1.29, 1.82) is 5.26 Å². The summed E-state index contributed by atoms with van der Waals surface area (Å²) in [5.74, 6) is 0.495. The van der Waals surface area contributed by atoms with Crippen molar-refractivity contribution in [3.05, 3.63) is 59.4 Å². The zero-order valence-corrected chi connectivity index (χ0v) is 19.6. The van der Waals surface area contributed by atoms with Crippen LogP contribution < -0.4 is 10.2 Å². The topological polar surface area (TPSA) is 117 Å². The summed E-state index contributed by atoms with van der Waals surface area (Å²) in [6.07, 6.45) is 2.26. The molecule has 10 heteroatoms. The molecule has 1 aliphatic rings. The largest absolute Gasteiger partial charge is 0.354 e. The number of rotatable bonds is 5. The van der Waals surface area contributed by atoms with Crippen LogP contribution in [-0.2, 0) is 7.05 Å². The molecule has 1 aromatic carbocycles. The third kappa shape index (κ3) is 3.33. The van der Waals surface area contributed by atoms with Crippen molar-refractivity contribution in [3.63, 3.8) is 0 Å². The molecule has 1 N–H and O–H groups in total. The van der Waals surface area contributed by atoms with Crippen LogP contribution in [0.3, 0.4) is 0 Å². The Morgan fingerprint density at radius 1 is 1.26 bits per heavy atom. The SMILES string of the molecule is CN[C@@]1(C)CCN(c2c(-c3ccccc3)c(C)c(C#N)c3nc(C(=O)c4ncnn4C)nn23)C1. The van der Waals surface area contributed by atoms with Crippen LogP contribution in [0, 0.1) is 18.3 Å². The van der Waals surface area contributed by atoms with E-state index in [-0.39, 0.29) is 17.2 Å². The molecule has 4 aromatic rings. The first-order chi connectivity index (χ1) is 16.4. The molecule has 4 heterocycles. The minimum absolute atomic E-state index is 0.0194. The van der Waals surface area contributed by atoms with Gasteiger partial charge in [0.2, 0.25) is 11.6 Å². The molecule has 5 rings (SSSR count).